The number of benzene rings is 1. The van der Waals surface area contributed by atoms with Gasteiger partial charge in [0.2, 0.25) is 0 Å². The summed E-state index contributed by atoms with van der Waals surface area (Å²) < 4.78 is 0. The first-order valence-electron chi connectivity index (χ1n) is 6.18. The van der Waals surface area contributed by atoms with Gasteiger partial charge in [-0.1, -0.05) is 23.7 Å². The maximum atomic E-state index is 6.00. The fraction of sp³-hybridized carbons (Fsp3) is 0.357. The first kappa shape index (κ1) is 12.2. The average molecular weight is 279 g/mol. The molecule has 0 saturated carbocycles. The molecule has 0 fully saturated rings. The van der Waals surface area contributed by atoms with Gasteiger partial charge in [-0.3, -0.25) is 0 Å². The average Bonchev–Trinajstić information content (AvgIpc) is 2.70. The summed E-state index contributed by atoms with van der Waals surface area (Å²) in [5, 5.41) is 1.97. The van der Waals surface area contributed by atoms with Crippen LogP contribution >= 0.6 is 22.9 Å². The third-order valence-corrected chi connectivity index (χ3v) is 4.62. The lowest BCUT2D eigenvalue weighted by atomic mass is 9.99. The van der Waals surface area contributed by atoms with E-state index in [0.717, 1.165) is 30.7 Å². The second kappa shape index (κ2) is 5.00. The SMILES string of the molecule is NC1CCc2nc(Cc3cccc(Cl)c3)sc2C1. The Morgan fingerprint density at radius 3 is 3.17 bits per heavy atom. The summed E-state index contributed by atoms with van der Waals surface area (Å²) in [6, 6.07) is 8.31. The van der Waals surface area contributed by atoms with Crippen LogP contribution in [0.1, 0.15) is 27.6 Å². The largest absolute Gasteiger partial charge is 0.327 e. The molecule has 2 aromatic rings. The van der Waals surface area contributed by atoms with Gasteiger partial charge in [0.1, 0.15) is 0 Å². The van der Waals surface area contributed by atoms with Crippen molar-refractivity contribution >= 4 is 22.9 Å². The Bertz CT molecular complexity index is 565. The summed E-state index contributed by atoms with van der Waals surface area (Å²) in [7, 11) is 0. The summed E-state index contributed by atoms with van der Waals surface area (Å²) in [5.41, 5.74) is 8.48. The standard InChI is InChI=1S/C14H15ClN2S/c15-10-3-1-2-9(6-10)7-14-17-12-5-4-11(16)8-13(12)18-14/h1-3,6,11H,4-5,7-8,16H2. The molecule has 4 heteroatoms. The van der Waals surface area contributed by atoms with Crippen LogP contribution in [0.3, 0.4) is 0 Å². The molecule has 1 heterocycles. The second-order valence-electron chi connectivity index (χ2n) is 4.79. The molecule has 0 amide bonds. The van der Waals surface area contributed by atoms with E-state index in [2.05, 4.69) is 6.07 Å². The molecule has 0 bridgehead atoms. The minimum absolute atomic E-state index is 0.317. The number of nitrogens with two attached hydrogens (primary N) is 1. The minimum atomic E-state index is 0.317. The molecule has 1 aliphatic rings. The van der Waals surface area contributed by atoms with Crippen LogP contribution in [0.15, 0.2) is 24.3 Å². The Morgan fingerprint density at radius 1 is 1.44 bits per heavy atom. The molecular weight excluding hydrogens is 264 g/mol. The van der Waals surface area contributed by atoms with Crippen molar-refractivity contribution in [2.75, 3.05) is 0 Å². The molecule has 0 saturated heterocycles. The summed E-state index contributed by atoms with van der Waals surface area (Å²) in [5.74, 6) is 0. The maximum absolute atomic E-state index is 6.00. The number of nitrogens with zero attached hydrogens (tertiary/aromatic N) is 1. The molecule has 0 aliphatic heterocycles. The Morgan fingerprint density at radius 2 is 2.33 bits per heavy atom. The molecule has 1 aliphatic carbocycles. The molecular formula is C14H15ClN2S. The van der Waals surface area contributed by atoms with Crippen molar-refractivity contribution in [3.8, 4) is 0 Å². The van der Waals surface area contributed by atoms with E-state index in [9.17, 15) is 0 Å². The van der Waals surface area contributed by atoms with Gasteiger partial charge in [0, 0.05) is 22.4 Å². The van der Waals surface area contributed by atoms with Crippen LogP contribution in [0.2, 0.25) is 5.02 Å². The van der Waals surface area contributed by atoms with E-state index in [-0.39, 0.29) is 0 Å². The molecule has 3 rings (SSSR count). The van der Waals surface area contributed by atoms with Gasteiger partial charge in [-0.25, -0.2) is 4.98 Å². The van der Waals surface area contributed by atoms with Crippen molar-refractivity contribution in [3.05, 3.63) is 50.4 Å². The van der Waals surface area contributed by atoms with Crippen molar-refractivity contribution in [2.45, 2.75) is 31.7 Å². The van der Waals surface area contributed by atoms with Gasteiger partial charge >= 0.3 is 0 Å². The highest BCUT2D eigenvalue weighted by Gasteiger charge is 2.19. The Balaban J connectivity index is 1.82. The fourth-order valence-electron chi connectivity index (χ4n) is 2.35. The number of aryl methyl sites for hydroxylation is 1. The van der Waals surface area contributed by atoms with Crippen molar-refractivity contribution < 1.29 is 0 Å². The van der Waals surface area contributed by atoms with Crippen molar-refractivity contribution in [3.63, 3.8) is 0 Å². The summed E-state index contributed by atoms with van der Waals surface area (Å²) in [6.07, 6.45) is 3.95. The fourth-order valence-corrected chi connectivity index (χ4v) is 3.81. The van der Waals surface area contributed by atoms with Gasteiger partial charge in [0.15, 0.2) is 0 Å². The highest BCUT2D eigenvalue weighted by Crippen LogP contribution is 2.28. The molecule has 0 spiro atoms. The monoisotopic (exact) mass is 278 g/mol. The topological polar surface area (TPSA) is 38.9 Å². The van der Waals surface area contributed by atoms with Crippen LogP contribution in [0, 0.1) is 0 Å². The Kier molecular flexibility index (Phi) is 3.37. The highest BCUT2D eigenvalue weighted by molar-refractivity contribution is 7.11. The van der Waals surface area contributed by atoms with E-state index >= 15 is 0 Å². The number of hydrogen-bond donors (Lipinski definition) is 1. The first-order valence-corrected chi connectivity index (χ1v) is 7.37. The van der Waals surface area contributed by atoms with Crippen LogP contribution in [0.4, 0.5) is 0 Å². The van der Waals surface area contributed by atoms with E-state index in [4.69, 9.17) is 22.3 Å². The van der Waals surface area contributed by atoms with Gasteiger partial charge < -0.3 is 5.73 Å². The van der Waals surface area contributed by atoms with Gasteiger partial charge in [0.25, 0.3) is 0 Å². The summed E-state index contributed by atoms with van der Waals surface area (Å²) >= 11 is 7.80. The molecule has 2 N–H and O–H groups in total. The smallest absolute Gasteiger partial charge is 0.0974 e. The van der Waals surface area contributed by atoms with Crippen LogP contribution in [0.5, 0.6) is 0 Å². The number of fused-ring (bicyclic) bond motifs is 1. The van der Waals surface area contributed by atoms with E-state index in [1.165, 1.54) is 21.1 Å². The molecule has 1 aromatic carbocycles. The van der Waals surface area contributed by atoms with Crippen molar-refractivity contribution in [1.29, 1.82) is 0 Å². The molecule has 1 aromatic heterocycles. The molecule has 2 nitrogen and oxygen atoms in total. The molecule has 94 valence electrons. The molecule has 18 heavy (non-hydrogen) atoms. The lowest BCUT2D eigenvalue weighted by Crippen LogP contribution is -2.26. The zero-order chi connectivity index (χ0) is 12.5. The van der Waals surface area contributed by atoms with Crippen molar-refractivity contribution in [1.82, 2.24) is 4.98 Å². The first-order chi connectivity index (χ1) is 8.70. The van der Waals surface area contributed by atoms with Crippen LogP contribution < -0.4 is 5.73 Å². The predicted molar refractivity (Wildman–Crippen MR) is 76.4 cm³/mol. The van der Waals surface area contributed by atoms with E-state index < -0.39 is 0 Å². The normalized spacial score (nSPS) is 18.7. The number of rotatable bonds is 2. The molecule has 1 unspecified atom stereocenters. The van der Waals surface area contributed by atoms with Gasteiger partial charge in [-0.05, 0) is 37.0 Å². The third kappa shape index (κ3) is 2.58. The number of aromatic nitrogens is 1. The predicted octanol–water partition coefficient (Wildman–Crippen LogP) is 3.20. The zero-order valence-electron chi connectivity index (χ0n) is 10.0. The van der Waals surface area contributed by atoms with Crippen LogP contribution in [-0.2, 0) is 19.3 Å². The number of halogens is 1. The second-order valence-corrected chi connectivity index (χ2v) is 6.39. The van der Waals surface area contributed by atoms with E-state index in [1.54, 1.807) is 11.3 Å². The quantitative estimate of drug-likeness (QED) is 0.916. The van der Waals surface area contributed by atoms with Gasteiger partial charge in [-0.2, -0.15) is 0 Å². The highest BCUT2D eigenvalue weighted by atomic mass is 35.5. The van der Waals surface area contributed by atoms with Crippen LogP contribution in [0.25, 0.3) is 0 Å². The molecule has 0 radical (unpaired) electrons. The van der Waals surface area contributed by atoms with Gasteiger partial charge in [0.05, 0.1) is 10.7 Å². The zero-order valence-corrected chi connectivity index (χ0v) is 11.6. The van der Waals surface area contributed by atoms with E-state index in [0.29, 0.717) is 6.04 Å². The van der Waals surface area contributed by atoms with E-state index in [1.807, 2.05) is 18.2 Å². The summed E-state index contributed by atoms with van der Waals surface area (Å²) in [6.45, 7) is 0. The minimum Gasteiger partial charge on any atom is -0.327 e. The van der Waals surface area contributed by atoms with Gasteiger partial charge in [-0.15, -0.1) is 11.3 Å². The number of thiazole rings is 1. The Hall–Kier alpha value is -0.900. The Labute approximate surface area is 116 Å². The summed E-state index contributed by atoms with van der Waals surface area (Å²) in [4.78, 5) is 6.11. The van der Waals surface area contributed by atoms with Crippen LogP contribution in [-0.4, -0.2) is 11.0 Å². The lowest BCUT2D eigenvalue weighted by molar-refractivity contribution is 0.575. The van der Waals surface area contributed by atoms with Crippen molar-refractivity contribution in [2.24, 2.45) is 5.73 Å². The molecule has 1 atom stereocenters. The number of hydrogen-bond acceptors (Lipinski definition) is 3. The maximum Gasteiger partial charge on any atom is 0.0974 e. The lowest BCUT2D eigenvalue weighted by Gasteiger charge is -2.15. The third-order valence-electron chi connectivity index (χ3n) is 3.27.